The Balaban J connectivity index is 0.000000166. The van der Waals surface area contributed by atoms with E-state index in [9.17, 15) is 19.2 Å². The molecule has 0 saturated carbocycles. The van der Waals surface area contributed by atoms with E-state index >= 15 is 0 Å². The molecule has 1 N–H and O–H groups in total. The van der Waals surface area contributed by atoms with Gasteiger partial charge in [0.15, 0.2) is 11.6 Å². The lowest BCUT2D eigenvalue weighted by atomic mass is 9.90. The molecule has 2 aromatic heterocycles. The molecular formula is C52H56N4O5. The third-order valence-electron chi connectivity index (χ3n) is 13.1. The summed E-state index contributed by atoms with van der Waals surface area (Å²) in [6.07, 6.45) is 10.8. The Morgan fingerprint density at radius 2 is 1.13 bits per heavy atom. The second-order valence-corrected chi connectivity index (χ2v) is 16.6. The van der Waals surface area contributed by atoms with E-state index in [-0.39, 0.29) is 37.0 Å². The average molecular weight is 817 g/mol. The number of fused-ring (bicyclic) bond motifs is 10. The first-order valence-electron chi connectivity index (χ1n) is 21.6. The minimum atomic E-state index is -0.471. The largest absolute Gasteiger partial charge is 0.388 e. The molecular weight excluding hydrogens is 761 g/mol. The highest BCUT2D eigenvalue weighted by Crippen LogP contribution is 2.43. The van der Waals surface area contributed by atoms with Crippen molar-refractivity contribution in [3.05, 3.63) is 148 Å². The van der Waals surface area contributed by atoms with Crippen molar-refractivity contribution in [1.82, 2.24) is 18.9 Å². The summed E-state index contributed by atoms with van der Waals surface area (Å²) in [6.45, 7) is 4.58. The molecule has 61 heavy (non-hydrogen) atoms. The highest BCUT2D eigenvalue weighted by atomic mass is 16.3. The molecule has 2 fully saturated rings. The Morgan fingerprint density at radius 3 is 1.61 bits per heavy atom. The van der Waals surface area contributed by atoms with Gasteiger partial charge in [0.25, 0.3) is 0 Å². The summed E-state index contributed by atoms with van der Waals surface area (Å²) >= 11 is 0. The third-order valence-corrected chi connectivity index (χ3v) is 13.1. The number of aliphatic hydroxyl groups excluding tert-OH is 1. The van der Waals surface area contributed by atoms with E-state index in [0.29, 0.717) is 25.2 Å². The number of amides is 2. The number of aliphatic hydroxyl groups is 1. The molecule has 2 atom stereocenters. The van der Waals surface area contributed by atoms with Crippen molar-refractivity contribution in [2.45, 2.75) is 97.3 Å². The lowest BCUT2D eigenvalue weighted by molar-refractivity contribution is -0.138. The van der Waals surface area contributed by atoms with Crippen LogP contribution in [0.3, 0.4) is 0 Å². The van der Waals surface area contributed by atoms with E-state index in [1.165, 1.54) is 61.5 Å². The van der Waals surface area contributed by atoms with Crippen molar-refractivity contribution < 1.29 is 24.3 Å². The number of hydrogen-bond donors (Lipinski definition) is 1. The zero-order chi connectivity index (χ0) is 41.3. The molecule has 9 nitrogen and oxygen atoms in total. The van der Waals surface area contributed by atoms with Gasteiger partial charge in [-0.15, -0.1) is 0 Å². The first-order chi connectivity index (χ1) is 29.3. The van der Waals surface area contributed by atoms with Gasteiger partial charge in [-0.2, -0.15) is 0 Å². The van der Waals surface area contributed by atoms with Crippen LogP contribution in [0.5, 0.6) is 0 Å². The van der Waals surface area contributed by atoms with Crippen LogP contribution in [0.4, 0.5) is 0 Å². The number of carbonyl (C=O) groups is 4. The quantitative estimate of drug-likeness (QED) is 0.116. The van der Waals surface area contributed by atoms with Crippen LogP contribution in [0.25, 0.3) is 27.9 Å². The summed E-state index contributed by atoms with van der Waals surface area (Å²) in [5, 5.41) is 11.5. The summed E-state index contributed by atoms with van der Waals surface area (Å²) in [6, 6.07) is 33.7. The number of aromatic nitrogens is 2. The van der Waals surface area contributed by atoms with Gasteiger partial charge in [0.05, 0.1) is 12.1 Å². The van der Waals surface area contributed by atoms with Gasteiger partial charge in [0.2, 0.25) is 11.8 Å². The number of nitrogens with zero attached hydrogens (tertiary/aromatic N) is 4. The van der Waals surface area contributed by atoms with Crippen LogP contribution in [0.15, 0.2) is 103 Å². The maximum absolute atomic E-state index is 12.6. The summed E-state index contributed by atoms with van der Waals surface area (Å²) in [5.74, 6) is 0.455. The molecule has 0 bridgehead atoms. The molecule has 10 rings (SSSR count). The van der Waals surface area contributed by atoms with Crippen molar-refractivity contribution in [3.8, 4) is 0 Å². The molecule has 4 aromatic carbocycles. The first kappa shape index (κ1) is 41.7. The second-order valence-electron chi connectivity index (χ2n) is 16.6. The Morgan fingerprint density at radius 1 is 0.656 bits per heavy atom. The van der Waals surface area contributed by atoms with Crippen molar-refractivity contribution >= 4 is 51.3 Å². The normalized spacial score (nSPS) is 18.2. The van der Waals surface area contributed by atoms with Crippen molar-refractivity contribution in [2.24, 2.45) is 0 Å². The van der Waals surface area contributed by atoms with E-state index in [2.05, 4.69) is 91.7 Å². The number of para-hydroxylation sites is 2. The fraction of sp³-hybridized carbons (Fsp3) is 0.346. The standard InChI is InChI=1S/C26H26N2O3.C25H26N2O2.CH4/c29-17-20(30)13-12-18-8-10-19(11-9-18)16-28-23-5-2-1-4-21(23)22-14-15-27-24(26(22)28)6-3-7-25(27)31;1-2-23(28)18-12-10-17(11-13-18)16-27-21-7-4-3-6-19(21)20-14-15-26-22(25(20)27)8-5-9-24(26)29;/h1-2,4-5,8-13,24,29H,3,6-7,14-17H2;3-4,6-7,10-13,22H,2,5,8-9,14-16H2,1H3;1H4/b13-12+;;. The molecule has 4 aliphatic rings. The van der Waals surface area contributed by atoms with E-state index < -0.39 is 6.61 Å². The summed E-state index contributed by atoms with van der Waals surface area (Å²) in [7, 11) is 0. The van der Waals surface area contributed by atoms with E-state index in [4.69, 9.17) is 5.11 Å². The minimum Gasteiger partial charge on any atom is -0.388 e. The van der Waals surface area contributed by atoms with Crippen LogP contribution in [-0.2, 0) is 40.3 Å². The van der Waals surface area contributed by atoms with E-state index in [1.807, 2.05) is 31.2 Å². The molecule has 0 radical (unpaired) electrons. The fourth-order valence-electron chi connectivity index (χ4n) is 10.2. The molecule has 4 aliphatic heterocycles. The molecule has 314 valence electrons. The van der Waals surface area contributed by atoms with Gasteiger partial charge in [-0.25, -0.2) is 0 Å². The number of rotatable bonds is 9. The molecule has 0 spiro atoms. The number of ketones is 2. The SMILES string of the molecule is C.CCC(=O)c1ccc(Cn2c3c(c4ccccc42)CCN2C(=O)CCCC32)cc1.O=C(/C=C/c1ccc(Cn2c3c(c4ccccc42)CCN2C(=O)CCCC32)cc1)CO. The molecule has 2 amide bonds. The van der Waals surface area contributed by atoms with Gasteiger partial charge in [-0.3, -0.25) is 19.2 Å². The van der Waals surface area contributed by atoms with Crippen molar-refractivity contribution in [1.29, 1.82) is 0 Å². The molecule has 2 unspecified atom stereocenters. The number of benzene rings is 4. The maximum Gasteiger partial charge on any atom is 0.223 e. The predicted octanol–water partition coefficient (Wildman–Crippen LogP) is 9.40. The molecule has 2 saturated heterocycles. The third kappa shape index (κ3) is 7.99. The Kier molecular flexibility index (Phi) is 12.2. The van der Waals surface area contributed by atoms with Crippen molar-refractivity contribution in [3.63, 3.8) is 0 Å². The highest BCUT2D eigenvalue weighted by Gasteiger charge is 2.38. The first-order valence-corrected chi connectivity index (χ1v) is 21.6. The Labute approximate surface area is 358 Å². The van der Waals surface area contributed by atoms with Gasteiger partial charge in [-0.1, -0.05) is 105 Å². The smallest absolute Gasteiger partial charge is 0.223 e. The monoisotopic (exact) mass is 816 g/mol. The molecule has 6 aromatic rings. The molecule has 6 heterocycles. The molecule has 9 heteroatoms. The Bertz CT molecular complexity index is 2630. The summed E-state index contributed by atoms with van der Waals surface area (Å²) in [5.41, 5.74) is 12.0. The molecule has 0 aliphatic carbocycles. The summed E-state index contributed by atoms with van der Waals surface area (Å²) < 4.78 is 4.82. The predicted molar refractivity (Wildman–Crippen MR) is 241 cm³/mol. The number of Topliss-reactive ketones (excluding diaryl/α,β-unsaturated/α-hetero) is 1. The van der Waals surface area contributed by atoms with E-state index in [1.54, 1.807) is 6.08 Å². The number of carbonyl (C=O) groups excluding carboxylic acids is 4. The minimum absolute atomic E-state index is 0. The van der Waals surface area contributed by atoms with Crippen molar-refractivity contribution in [2.75, 3.05) is 19.7 Å². The lowest BCUT2D eigenvalue weighted by Gasteiger charge is -2.40. The van der Waals surface area contributed by atoms with Gasteiger partial charge in [0.1, 0.15) is 6.61 Å². The average Bonchev–Trinajstić information content (AvgIpc) is 3.79. The van der Waals surface area contributed by atoms with Gasteiger partial charge < -0.3 is 24.0 Å². The fourth-order valence-corrected chi connectivity index (χ4v) is 10.2. The zero-order valence-corrected chi connectivity index (χ0v) is 34.3. The number of hydrogen-bond acceptors (Lipinski definition) is 5. The summed E-state index contributed by atoms with van der Waals surface area (Å²) in [4.78, 5) is 52.5. The van der Waals surface area contributed by atoms with Gasteiger partial charge >= 0.3 is 0 Å². The van der Waals surface area contributed by atoms with Crippen LogP contribution in [0.1, 0.15) is 121 Å². The lowest BCUT2D eigenvalue weighted by Crippen LogP contribution is -2.43. The number of piperidine rings is 2. The van der Waals surface area contributed by atoms with E-state index in [0.717, 1.165) is 75.8 Å². The van der Waals surface area contributed by atoms with Gasteiger partial charge in [-0.05, 0) is 84.6 Å². The Hall–Kier alpha value is -6.06. The maximum atomic E-state index is 12.6. The topological polar surface area (TPSA) is 105 Å². The van der Waals surface area contributed by atoms with Crippen LogP contribution in [0, 0.1) is 0 Å². The zero-order valence-electron chi connectivity index (χ0n) is 34.3. The van der Waals surface area contributed by atoms with Gasteiger partial charge in [0, 0.05) is 84.2 Å². The highest BCUT2D eigenvalue weighted by molar-refractivity contribution is 5.96. The van der Waals surface area contributed by atoms with Crippen LogP contribution in [-0.4, -0.2) is 67.1 Å². The van der Waals surface area contributed by atoms with Crippen LogP contribution in [0.2, 0.25) is 0 Å². The van der Waals surface area contributed by atoms with Crippen LogP contribution < -0.4 is 0 Å². The second kappa shape index (κ2) is 17.9. The van der Waals surface area contributed by atoms with Crippen LogP contribution >= 0.6 is 0 Å².